The number of rotatable bonds is 6. The molecule has 2 aliphatic rings. The van der Waals surface area contributed by atoms with Crippen molar-refractivity contribution in [3.05, 3.63) is 59.2 Å². The van der Waals surface area contributed by atoms with Gasteiger partial charge < -0.3 is 19.5 Å². The van der Waals surface area contributed by atoms with E-state index in [9.17, 15) is 9.59 Å². The van der Waals surface area contributed by atoms with E-state index in [1.807, 2.05) is 42.5 Å². The predicted molar refractivity (Wildman–Crippen MR) is 120 cm³/mol. The molecule has 2 aromatic rings. The van der Waals surface area contributed by atoms with E-state index in [1.165, 1.54) is 5.56 Å². The zero-order valence-electron chi connectivity index (χ0n) is 18.6. The van der Waals surface area contributed by atoms with Gasteiger partial charge in [0.2, 0.25) is 5.91 Å². The number of nitrogens with one attached hydrogen (secondary N) is 1. The van der Waals surface area contributed by atoms with Crippen LogP contribution in [0.5, 0.6) is 11.5 Å². The van der Waals surface area contributed by atoms with Gasteiger partial charge in [0, 0.05) is 12.6 Å². The monoisotopic (exact) mass is 438 g/mol. The third-order valence-electron chi connectivity index (χ3n) is 6.28. The van der Waals surface area contributed by atoms with E-state index in [0.29, 0.717) is 18.7 Å². The van der Waals surface area contributed by atoms with Gasteiger partial charge in [-0.3, -0.25) is 9.69 Å². The summed E-state index contributed by atoms with van der Waals surface area (Å²) in [7, 11) is 3.26. The smallest absolute Gasteiger partial charge is 0.410 e. The second kappa shape index (κ2) is 9.94. The summed E-state index contributed by atoms with van der Waals surface area (Å²) < 4.78 is 16.3. The van der Waals surface area contributed by atoms with Crippen LogP contribution in [0.15, 0.2) is 42.5 Å². The number of amides is 2. The topological polar surface area (TPSA) is 77.1 Å². The van der Waals surface area contributed by atoms with Crippen LogP contribution < -0.4 is 14.8 Å². The van der Waals surface area contributed by atoms with Gasteiger partial charge in [-0.1, -0.05) is 30.3 Å². The summed E-state index contributed by atoms with van der Waals surface area (Å²) in [5.41, 5.74) is 3.30. The van der Waals surface area contributed by atoms with E-state index in [0.717, 1.165) is 42.6 Å². The minimum absolute atomic E-state index is 0.0240. The lowest BCUT2D eigenvalue weighted by Crippen LogP contribution is -2.50. The third kappa shape index (κ3) is 4.82. The van der Waals surface area contributed by atoms with Crippen LogP contribution in [0.1, 0.15) is 36.0 Å². The largest absolute Gasteiger partial charge is 0.493 e. The van der Waals surface area contributed by atoms with Gasteiger partial charge in [-0.05, 0) is 60.9 Å². The zero-order valence-corrected chi connectivity index (χ0v) is 18.6. The first kappa shape index (κ1) is 22.0. The summed E-state index contributed by atoms with van der Waals surface area (Å²) in [6.45, 7) is 0.741. The number of carbonyl (C=O) groups excluding carboxylic acids is 2. The number of carbonyl (C=O) groups is 2. The Balaban J connectivity index is 1.35. The Morgan fingerprint density at radius 1 is 1.03 bits per heavy atom. The zero-order chi connectivity index (χ0) is 22.5. The van der Waals surface area contributed by atoms with E-state index in [-0.39, 0.29) is 18.6 Å². The molecule has 2 atom stereocenters. The maximum Gasteiger partial charge on any atom is 0.410 e. The maximum absolute atomic E-state index is 13.0. The number of aryl methyl sites for hydroxylation is 1. The molecule has 2 amide bonds. The quantitative estimate of drug-likeness (QED) is 0.747. The minimum atomic E-state index is -0.481. The molecule has 7 nitrogen and oxygen atoms in total. The molecule has 0 saturated carbocycles. The molecule has 1 heterocycles. The first-order valence-electron chi connectivity index (χ1n) is 11.1. The summed E-state index contributed by atoms with van der Waals surface area (Å²) in [5.74, 6) is 1.32. The molecule has 1 fully saturated rings. The van der Waals surface area contributed by atoms with Crippen molar-refractivity contribution in [1.82, 2.24) is 10.2 Å². The van der Waals surface area contributed by atoms with Gasteiger partial charge in [-0.2, -0.15) is 0 Å². The van der Waals surface area contributed by atoms with Crippen LogP contribution in [-0.4, -0.2) is 49.7 Å². The number of fused-ring (bicyclic) bond motifs is 1. The SMILES string of the molecule is COc1cc2c(cc1OC)CC(NC(=O)[C@@H]1CCCN1C(=O)OCc1ccccc1)CC2. The molecule has 170 valence electrons. The van der Waals surface area contributed by atoms with Crippen molar-refractivity contribution < 1.29 is 23.8 Å². The van der Waals surface area contributed by atoms with Gasteiger partial charge in [0.1, 0.15) is 12.6 Å². The highest BCUT2D eigenvalue weighted by Gasteiger charge is 2.36. The normalized spacial score (nSPS) is 19.8. The van der Waals surface area contributed by atoms with E-state index >= 15 is 0 Å². The van der Waals surface area contributed by atoms with Crippen LogP contribution in [-0.2, 0) is 29.0 Å². The molecule has 1 aliphatic heterocycles. The number of ether oxygens (including phenoxy) is 3. The van der Waals surface area contributed by atoms with Crippen LogP contribution in [0.3, 0.4) is 0 Å². The van der Waals surface area contributed by atoms with E-state index in [1.54, 1.807) is 19.1 Å². The third-order valence-corrected chi connectivity index (χ3v) is 6.28. The van der Waals surface area contributed by atoms with Crippen molar-refractivity contribution in [2.45, 2.75) is 50.8 Å². The van der Waals surface area contributed by atoms with Crippen molar-refractivity contribution >= 4 is 12.0 Å². The Kier molecular flexibility index (Phi) is 6.83. The van der Waals surface area contributed by atoms with Crippen LogP contribution >= 0.6 is 0 Å². The van der Waals surface area contributed by atoms with Crippen molar-refractivity contribution in [2.24, 2.45) is 0 Å². The summed E-state index contributed by atoms with van der Waals surface area (Å²) in [4.78, 5) is 27.2. The van der Waals surface area contributed by atoms with Crippen LogP contribution in [0, 0.1) is 0 Å². The summed E-state index contributed by atoms with van der Waals surface area (Å²) in [6, 6.07) is 13.1. The lowest BCUT2D eigenvalue weighted by Gasteiger charge is -2.29. The highest BCUT2D eigenvalue weighted by molar-refractivity contribution is 5.86. The van der Waals surface area contributed by atoms with Crippen molar-refractivity contribution in [2.75, 3.05) is 20.8 Å². The second-order valence-corrected chi connectivity index (χ2v) is 8.32. The van der Waals surface area contributed by atoms with Gasteiger partial charge in [-0.15, -0.1) is 0 Å². The lowest BCUT2D eigenvalue weighted by atomic mass is 9.87. The molecule has 2 aromatic carbocycles. The molecule has 1 aliphatic carbocycles. The summed E-state index contributed by atoms with van der Waals surface area (Å²) in [5, 5.41) is 3.17. The van der Waals surface area contributed by atoms with Gasteiger partial charge in [-0.25, -0.2) is 4.79 Å². The predicted octanol–water partition coefficient (Wildman–Crippen LogP) is 3.48. The number of benzene rings is 2. The van der Waals surface area contributed by atoms with E-state index in [2.05, 4.69) is 5.32 Å². The molecule has 32 heavy (non-hydrogen) atoms. The molecule has 0 radical (unpaired) electrons. The molecule has 1 saturated heterocycles. The van der Waals surface area contributed by atoms with Crippen molar-refractivity contribution in [3.8, 4) is 11.5 Å². The van der Waals surface area contributed by atoms with Crippen LogP contribution in [0.2, 0.25) is 0 Å². The standard InChI is InChI=1S/C25H30N2O5/c1-30-22-14-18-10-11-20(13-19(18)15-23(22)31-2)26-24(28)21-9-6-12-27(21)25(29)32-16-17-7-4-3-5-8-17/h3-5,7-8,14-15,20-21H,6,9-13,16H2,1-2H3,(H,26,28)/t20?,21-/m0/s1. The molecule has 1 N–H and O–H groups in total. The summed E-state index contributed by atoms with van der Waals surface area (Å²) in [6.07, 6.45) is 3.45. The number of likely N-dealkylation sites (tertiary alicyclic amines) is 1. The van der Waals surface area contributed by atoms with Gasteiger partial charge in [0.25, 0.3) is 0 Å². The van der Waals surface area contributed by atoms with Gasteiger partial charge in [0.05, 0.1) is 14.2 Å². The number of nitrogens with zero attached hydrogens (tertiary/aromatic N) is 1. The Morgan fingerprint density at radius 2 is 1.75 bits per heavy atom. The molecule has 7 heteroatoms. The highest BCUT2D eigenvalue weighted by Crippen LogP contribution is 2.34. The van der Waals surface area contributed by atoms with Crippen LogP contribution in [0.4, 0.5) is 4.79 Å². The molecule has 4 rings (SSSR count). The Bertz CT molecular complexity index is 962. The first-order valence-corrected chi connectivity index (χ1v) is 11.1. The van der Waals surface area contributed by atoms with Gasteiger partial charge in [0.15, 0.2) is 11.5 Å². The fourth-order valence-electron chi connectivity index (χ4n) is 4.56. The fourth-order valence-corrected chi connectivity index (χ4v) is 4.56. The molecule has 0 spiro atoms. The Morgan fingerprint density at radius 3 is 2.47 bits per heavy atom. The van der Waals surface area contributed by atoms with Crippen LogP contribution in [0.25, 0.3) is 0 Å². The fraction of sp³-hybridized carbons (Fsp3) is 0.440. The molecule has 0 aromatic heterocycles. The number of hydrogen-bond acceptors (Lipinski definition) is 5. The minimum Gasteiger partial charge on any atom is -0.493 e. The number of hydrogen-bond donors (Lipinski definition) is 1. The average molecular weight is 439 g/mol. The average Bonchev–Trinajstić information content (AvgIpc) is 3.32. The van der Waals surface area contributed by atoms with E-state index < -0.39 is 12.1 Å². The van der Waals surface area contributed by atoms with E-state index in [4.69, 9.17) is 14.2 Å². The Hall–Kier alpha value is -3.22. The molecular formula is C25H30N2O5. The first-order chi connectivity index (χ1) is 15.6. The molecular weight excluding hydrogens is 408 g/mol. The number of methoxy groups -OCH3 is 2. The Labute approximate surface area is 188 Å². The highest BCUT2D eigenvalue weighted by atomic mass is 16.6. The van der Waals surface area contributed by atoms with Gasteiger partial charge >= 0.3 is 6.09 Å². The molecule has 0 bridgehead atoms. The second-order valence-electron chi connectivity index (χ2n) is 8.32. The molecule has 1 unspecified atom stereocenters. The van der Waals surface area contributed by atoms with Crippen molar-refractivity contribution in [1.29, 1.82) is 0 Å². The maximum atomic E-state index is 13.0. The van der Waals surface area contributed by atoms with Crippen molar-refractivity contribution in [3.63, 3.8) is 0 Å². The summed E-state index contributed by atoms with van der Waals surface area (Å²) >= 11 is 0. The lowest BCUT2D eigenvalue weighted by molar-refractivity contribution is -0.125.